The number of benzene rings is 2. The van der Waals surface area contributed by atoms with Crippen molar-refractivity contribution in [2.24, 2.45) is 0 Å². The molecule has 114 valence electrons. The molecule has 0 atom stereocenters. The smallest absolute Gasteiger partial charge is 0.188 e. The highest BCUT2D eigenvalue weighted by atomic mass is 79.9. The molecule has 0 saturated carbocycles. The molecule has 0 amide bonds. The summed E-state index contributed by atoms with van der Waals surface area (Å²) in [5, 5.41) is 9.69. The molecule has 0 saturated heterocycles. The molecule has 2 rings (SSSR count). The van der Waals surface area contributed by atoms with E-state index < -0.39 is 17.4 Å². The summed E-state index contributed by atoms with van der Waals surface area (Å²) in [5.74, 6) is -1.99. The van der Waals surface area contributed by atoms with Crippen LogP contribution in [0.3, 0.4) is 0 Å². The number of aromatic hydroxyl groups is 1. The number of ketones is 1. The summed E-state index contributed by atoms with van der Waals surface area (Å²) in [6, 6.07) is 5.75. The molecule has 6 heteroatoms. The van der Waals surface area contributed by atoms with Crippen LogP contribution in [0.5, 0.6) is 11.5 Å². The van der Waals surface area contributed by atoms with Crippen LogP contribution in [0.1, 0.15) is 15.9 Å². The van der Waals surface area contributed by atoms with Gasteiger partial charge < -0.3 is 9.84 Å². The summed E-state index contributed by atoms with van der Waals surface area (Å²) in [7, 11) is 1.39. The van der Waals surface area contributed by atoms with Crippen LogP contribution in [0.4, 0.5) is 8.78 Å². The second kappa shape index (κ2) is 6.70. The highest BCUT2D eigenvalue weighted by molar-refractivity contribution is 9.10. The Labute approximate surface area is 134 Å². The third-order valence-corrected chi connectivity index (χ3v) is 3.50. The van der Waals surface area contributed by atoms with Crippen molar-refractivity contribution < 1.29 is 23.4 Å². The van der Waals surface area contributed by atoms with Gasteiger partial charge in [-0.25, -0.2) is 8.78 Å². The second-order valence-corrected chi connectivity index (χ2v) is 5.23. The van der Waals surface area contributed by atoms with E-state index in [2.05, 4.69) is 15.9 Å². The molecule has 0 spiro atoms. The Kier molecular flexibility index (Phi) is 4.92. The van der Waals surface area contributed by atoms with Gasteiger partial charge in [-0.3, -0.25) is 4.79 Å². The lowest BCUT2D eigenvalue weighted by Gasteiger charge is -2.06. The van der Waals surface area contributed by atoms with E-state index in [-0.39, 0.29) is 17.1 Å². The van der Waals surface area contributed by atoms with Gasteiger partial charge in [0.2, 0.25) is 0 Å². The number of ether oxygens (including phenoxy) is 1. The SMILES string of the molecule is COc1cc(/C=C/C(=O)c2cc(F)ccc2F)cc(Br)c1O. The van der Waals surface area contributed by atoms with E-state index in [4.69, 9.17) is 4.74 Å². The predicted octanol–water partition coefficient (Wildman–Crippen LogP) is 4.34. The average Bonchev–Trinajstić information content (AvgIpc) is 2.50. The summed E-state index contributed by atoms with van der Waals surface area (Å²) in [5.41, 5.74) is 0.202. The van der Waals surface area contributed by atoms with Gasteiger partial charge in [0.05, 0.1) is 17.1 Å². The van der Waals surface area contributed by atoms with E-state index >= 15 is 0 Å². The molecule has 3 nitrogen and oxygen atoms in total. The van der Waals surface area contributed by atoms with E-state index in [1.807, 2.05) is 0 Å². The summed E-state index contributed by atoms with van der Waals surface area (Å²) in [4.78, 5) is 11.9. The van der Waals surface area contributed by atoms with Gasteiger partial charge >= 0.3 is 0 Å². The minimum absolute atomic E-state index is 0.0675. The van der Waals surface area contributed by atoms with E-state index in [1.165, 1.54) is 19.3 Å². The van der Waals surface area contributed by atoms with Gasteiger partial charge in [-0.05, 0) is 57.9 Å². The van der Waals surface area contributed by atoms with Crippen molar-refractivity contribution >= 4 is 27.8 Å². The number of phenolic OH excluding ortho intramolecular Hbond substituents is 1. The molecule has 0 heterocycles. The Morgan fingerprint density at radius 3 is 2.68 bits per heavy atom. The first-order valence-corrected chi connectivity index (χ1v) is 6.95. The maximum Gasteiger partial charge on any atom is 0.188 e. The van der Waals surface area contributed by atoms with Crippen LogP contribution >= 0.6 is 15.9 Å². The molecule has 0 fully saturated rings. The minimum atomic E-state index is -0.791. The van der Waals surface area contributed by atoms with Crippen molar-refractivity contribution in [2.75, 3.05) is 7.11 Å². The molecule has 1 N–H and O–H groups in total. The fourth-order valence-corrected chi connectivity index (χ4v) is 2.25. The number of carbonyl (C=O) groups excluding carboxylic acids is 1. The Balaban J connectivity index is 2.30. The van der Waals surface area contributed by atoms with Gasteiger partial charge in [-0.15, -0.1) is 0 Å². The molecular formula is C16H11BrF2O3. The van der Waals surface area contributed by atoms with Gasteiger partial charge in [-0.1, -0.05) is 6.08 Å². The van der Waals surface area contributed by atoms with Gasteiger partial charge in [0.15, 0.2) is 17.3 Å². The highest BCUT2D eigenvalue weighted by Gasteiger charge is 2.11. The third-order valence-electron chi connectivity index (χ3n) is 2.89. The fraction of sp³-hybridized carbons (Fsp3) is 0.0625. The minimum Gasteiger partial charge on any atom is -0.503 e. The number of methoxy groups -OCH3 is 1. The number of hydrogen-bond donors (Lipinski definition) is 1. The van der Waals surface area contributed by atoms with Crippen LogP contribution in [0.2, 0.25) is 0 Å². The van der Waals surface area contributed by atoms with Crippen LogP contribution in [-0.4, -0.2) is 18.0 Å². The maximum absolute atomic E-state index is 13.5. The van der Waals surface area contributed by atoms with E-state index in [0.717, 1.165) is 24.3 Å². The zero-order valence-corrected chi connectivity index (χ0v) is 13.0. The number of phenols is 1. The van der Waals surface area contributed by atoms with Crippen molar-refractivity contribution in [1.82, 2.24) is 0 Å². The van der Waals surface area contributed by atoms with Crippen molar-refractivity contribution in [3.8, 4) is 11.5 Å². The van der Waals surface area contributed by atoms with Crippen LogP contribution in [0.25, 0.3) is 6.08 Å². The zero-order valence-electron chi connectivity index (χ0n) is 11.4. The normalized spacial score (nSPS) is 10.9. The molecular weight excluding hydrogens is 358 g/mol. The average molecular weight is 369 g/mol. The number of carbonyl (C=O) groups is 1. The zero-order chi connectivity index (χ0) is 16.3. The molecule has 0 aliphatic heterocycles. The number of rotatable bonds is 4. The van der Waals surface area contributed by atoms with Crippen LogP contribution in [0, 0.1) is 11.6 Å². The van der Waals surface area contributed by atoms with Crippen LogP contribution in [0.15, 0.2) is 40.9 Å². The van der Waals surface area contributed by atoms with Crippen LogP contribution in [-0.2, 0) is 0 Å². The third kappa shape index (κ3) is 3.51. The second-order valence-electron chi connectivity index (χ2n) is 4.38. The Morgan fingerprint density at radius 1 is 1.27 bits per heavy atom. The molecule has 0 aliphatic carbocycles. The highest BCUT2D eigenvalue weighted by Crippen LogP contribution is 2.35. The molecule has 0 aromatic heterocycles. The summed E-state index contributed by atoms with van der Waals surface area (Å²) >= 11 is 3.15. The molecule has 2 aromatic carbocycles. The maximum atomic E-state index is 13.5. The fourth-order valence-electron chi connectivity index (χ4n) is 1.79. The summed E-state index contributed by atoms with van der Waals surface area (Å²) < 4.78 is 31.9. The quantitative estimate of drug-likeness (QED) is 0.644. The number of halogens is 3. The lowest BCUT2D eigenvalue weighted by atomic mass is 10.1. The summed E-state index contributed by atoms with van der Waals surface area (Å²) in [6.45, 7) is 0. The molecule has 0 unspecified atom stereocenters. The topological polar surface area (TPSA) is 46.5 Å². The Hall–Kier alpha value is -2.21. The lowest BCUT2D eigenvalue weighted by Crippen LogP contribution is -1.99. The molecule has 0 aliphatic rings. The first kappa shape index (κ1) is 16.2. The molecule has 0 radical (unpaired) electrons. The largest absolute Gasteiger partial charge is 0.503 e. The van der Waals surface area contributed by atoms with Gasteiger partial charge in [0.25, 0.3) is 0 Å². The van der Waals surface area contributed by atoms with Gasteiger partial charge in [0, 0.05) is 0 Å². The predicted molar refractivity (Wildman–Crippen MR) is 82.1 cm³/mol. The first-order chi connectivity index (χ1) is 10.4. The summed E-state index contributed by atoms with van der Waals surface area (Å²) in [6.07, 6.45) is 2.54. The Bertz CT molecular complexity index is 757. The van der Waals surface area contributed by atoms with Crippen molar-refractivity contribution in [3.05, 3.63) is 63.6 Å². The standard InChI is InChI=1S/C16H11BrF2O3/c1-22-15-7-9(6-12(17)16(15)21)2-5-14(20)11-8-10(18)3-4-13(11)19/h2-8,21H,1H3/b5-2+. The van der Waals surface area contributed by atoms with Crippen molar-refractivity contribution in [3.63, 3.8) is 0 Å². The number of allylic oxidation sites excluding steroid dienone is 1. The van der Waals surface area contributed by atoms with Gasteiger partial charge in [0.1, 0.15) is 11.6 Å². The molecule has 2 aromatic rings. The molecule has 22 heavy (non-hydrogen) atoms. The van der Waals surface area contributed by atoms with Crippen molar-refractivity contribution in [1.29, 1.82) is 0 Å². The number of hydrogen-bond acceptors (Lipinski definition) is 3. The monoisotopic (exact) mass is 368 g/mol. The van der Waals surface area contributed by atoms with Crippen LogP contribution < -0.4 is 4.74 Å². The lowest BCUT2D eigenvalue weighted by molar-refractivity contribution is 0.104. The Morgan fingerprint density at radius 2 is 2.00 bits per heavy atom. The molecule has 0 bridgehead atoms. The first-order valence-electron chi connectivity index (χ1n) is 6.16. The van der Waals surface area contributed by atoms with Gasteiger partial charge in [-0.2, -0.15) is 0 Å². The van der Waals surface area contributed by atoms with E-state index in [9.17, 15) is 18.7 Å². The van der Waals surface area contributed by atoms with E-state index in [1.54, 1.807) is 6.07 Å². The van der Waals surface area contributed by atoms with E-state index in [0.29, 0.717) is 10.0 Å². The van der Waals surface area contributed by atoms with Crippen molar-refractivity contribution in [2.45, 2.75) is 0 Å².